The van der Waals surface area contributed by atoms with E-state index in [4.69, 9.17) is 16.3 Å². The molecule has 7 heteroatoms. The number of hydrogen-bond acceptors (Lipinski definition) is 4. The Morgan fingerprint density at radius 3 is 2.79 bits per heavy atom. The number of carbonyl (C=O) groups excluding carboxylic acids is 1. The van der Waals surface area contributed by atoms with E-state index in [9.17, 15) is 14.9 Å². The zero-order valence-electron chi connectivity index (χ0n) is 10.7. The number of carbonyl (C=O) groups is 1. The first-order valence-electron chi connectivity index (χ1n) is 5.79. The Bertz CT molecular complexity index is 479. The number of ether oxygens (including phenoxy) is 1. The molecule has 1 amide bonds. The third kappa shape index (κ3) is 4.50. The predicted molar refractivity (Wildman–Crippen MR) is 71.5 cm³/mol. The molecule has 0 fully saturated rings. The quantitative estimate of drug-likeness (QED) is 0.643. The van der Waals surface area contributed by atoms with Gasteiger partial charge < -0.3 is 10.1 Å². The molecule has 1 rings (SSSR count). The first-order valence-corrected chi connectivity index (χ1v) is 6.17. The largest absolute Gasteiger partial charge is 0.377 e. The summed E-state index contributed by atoms with van der Waals surface area (Å²) in [7, 11) is 0. The molecule has 0 aromatic heterocycles. The molecule has 0 spiro atoms. The number of benzene rings is 1. The number of nitro groups is 1. The molecule has 1 atom stereocenters. The highest BCUT2D eigenvalue weighted by molar-refractivity contribution is 6.34. The summed E-state index contributed by atoms with van der Waals surface area (Å²) in [6.07, 6.45) is -0.106. The van der Waals surface area contributed by atoms with Gasteiger partial charge in [-0.2, -0.15) is 0 Å². The van der Waals surface area contributed by atoms with Crippen molar-refractivity contribution >= 4 is 23.2 Å². The second-order valence-electron chi connectivity index (χ2n) is 3.90. The van der Waals surface area contributed by atoms with Crippen LogP contribution in [0.15, 0.2) is 18.2 Å². The van der Waals surface area contributed by atoms with E-state index < -0.39 is 4.92 Å². The summed E-state index contributed by atoms with van der Waals surface area (Å²) in [5.74, 6) is -0.383. The molecule has 0 heterocycles. The van der Waals surface area contributed by atoms with Gasteiger partial charge in [0.05, 0.1) is 21.6 Å². The van der Waals surface area contributed by atoms with Crippen LogP contribution in [0, 0.1) is 10.1 Å². The lowest BCUT2D eigenvalue weighted by Crippen LogP contribution is -2.32. The molecule has 0 bridgehead atoms. The molecule has 19 heavy (non-hydrogen) atoms. The van der Waals surface area contributed by atoms with Gasteiger partial charge in [-0.15, -0.1) is 0 Å². The number of rotatable bonds is 6. The van der Waals surface area contributed by atoms with Gasteiger partial charge in [-0.1, -0.05) is 11.6 Å². The van der Waals surface area contributed by atoms with Crippen molar-refractivity contribution in [3.63, 3.8) is 0 Å². The molecule has 0 saturated heterocycles. The summed E-state index contributed by atoms with van der Waals surface area (Å²) in [5.41, 5.74) is 0.0557. The van der Waals surface area contributed by atoms with E-state index in [2.05, 4.69) is 5.32 Å². The summed E-state index contributed by atoms with van der Waals surface area (Å²) in [5, 5.41) is 13.3. The molecular formula is C12H15ClN2O4. The second-order valence-corrected chi connectivity index (χ2v) is 4.30. The Kier molecular flexibility index (Phi) is 5.72. The van der Waals surface area contributed by atoms with Crippen LogP contribution in [-0.4, -0.2) is 30.1 Å². The molecule has 1 unspecified atom stereocenters. The Morgan fingerprint density at radius 1 is 1.58 bits per heavy atom. The Balaban J connectivity index is 2.70. The molecule has 104 valence electrons. The van der Waals surface area contributed by atoms with Crippen molar-refractivity contribution in [1.82, 2.24) is 5.32 Å². The van der Waals surface area contributed by atoms with Gasteiger partial charge in [-0.05, 0) is 19.9 Å². The lowest BCUT2D eigenvalue weighted by atomic mass is 10.2. The minimum atomic E-state index is -0.565. The number of nitrogens with zero attached hydrogens (tertiary/aromatic N) is 1. The van der Waals surface area contributed by atoms with Crippen LogP contribution in [0.2, 0.25) is 5.02 Å². The van der Waals surface area contributed by atoms with E-state index in [1.54, 1.807) is 0 Å². The van der Waals surface area contributed by atoms with Crippen molar-refractivity contribution < 1.29 is 14.5 Å². The third-order valence-corrected chi connectivity index (χ3v) is 2.72. The van der Waals surface area contributed by atoms with Crippen LogP contribution in [0.3, 0.4) is 0 Å². The minimum Gasteiger partial charge on any atom is -0.377 e. The van der Waals surface area contributed by atoms with Gasteiger partial charge in [-0.25, -0.2) is 0 Å². The lowest BCUT2D eigenvalue weighted by Gasteiger charge is -2.12. The Labute approximate surface area is 115 Å². The van der Waals surface area contributed by atoms with Crippen LogP contribution in [-0.2, 0) is 4.74 Å². The average Bonchev–Trinajstić information content (AvgIpc) is 2.36. The van der Waals surface area contributed by atoms with Gasteiger partial charge in [0.25, 0.3) is 11.6 Å². The average molecular weight is 287 g/mol. The van der Waals surface area contributed by atoms with Crippen molar-refractivity contribution in [3.05, 3.63) is 38.9 Å². The molecule has 0 radical (unpaired) electrons. The fourth-order valence-corrected chi connectivity index (χ4v) is 1.74. The van der Waals surface area contributed by atoms with Crippen molar-refractivity contribution in [2.24, 2.45) is 0 Å². The van der Waals surface area contributed by atoms with Crippen LogP contribution in [0.25, 0.3) is 0 Å². The fourth-order valence-electron chi connectivity index (χ4n) is 1.48. The molecule has 0 aliphatic carbocycles. The molecule has 1 aromatic rings. The van der Waals surface area contributed by atoms with E-state index in [1.165, 1.54) is 12.1 Å². The number of nitro benzene ring substituents is 1. The summed E-state index contributed by atoms with van der Waals surface area (Å²) < 4.78 is 5.27. The van der Waals surface area contributed by atoms with Crippen molar-refractivity contribution in [1.29, 1.82) is 0 Å². The molecule has 0 aliphatic rings. The van der Waals surface area contributed by atoms with Gasteiger partial charge in [0.1, 0.15) is 0 Å². The van der Waals surface area contributed by atoms with E-state index >= 15 is 0 Å². The fraction of sp³-hybridized carbons (Fsp3) is 0.417. The van der Waals surface area contributed by atoms with Crippen molar-refractivity contribution in [2.75, 3.05) is 13.2 Å². The number of halogens is 1. The van der Waals surface area contributed by atoms with E-state index in [0.717, 1.165) is 6.07 Å². The molecule has 0 saturated carbocycles. The smallest absolute Gasteiger partial charge is 0.270 e. The lowest BCUT2D eigenvalue weighted by molar-refractivity contribution is -0.384. The zero-order valence-corrected chi connectivity index (χ0v) is 11.4. The topological polar surface area (TPSA) is 81.5 Å². The maximum Gasteiger partial charge on any atom is 0.270 e. The van der Waals surface area contributed by atoms with Crippen molar-refractivity contribution in [3.8, 4) is 0 Å². The first-order chi connectivity index (χ1) is 8.95. The maximum absolute atomic E-state index is 11.8. The van der Waals surface area contributed by atoms with Crippen LogP contribution in [0.5, 0.6) is 0 Å². The van der Waals surface area contributed by atoms with Crippen LogP contribution in [0.1, 0.15) is 24.2 Å². The summed E-state index contributed by atoms with van der Waals surface area (Å²) >= 11 is 5.85. The summed E-state index contributed by atoms with van der Waals surface area (Å²) in [6.45, 7) is 4.61. The number of non-ortho nitro benzene ring substituents is 1. The van der Waals surface area contributed by atoms with Gasteiger partial charge in [0.15, 0.2) is 0 Å². The Morgan fingerprint density at radius 2 is 2.26 bits per heavy atom. The molecular weight excluding hydrogens is 272 g/mol. The molecule has 6 nitrogen and oxygen atoms in total. The van der Waals surface area contributed by atoms with Gasteiger partial charge in [-0.3, -0.25) is 14.9 Å². The summed E-state index contributed by atoms with van der Waals surface area (Å²) in [4.78, 5) is 21.8. The minimum absolute atomic E-state index is 0.0516. The third-order valence-electron chi connectivity index (χ3n) is 2.41. The van der Waals surface area contributed by atoms with Crippen LogP contribution in [0.4, 0.5) is 5.69 Å². The van der Waals surface area contributed by atoms with E-state index in [1.807, 2.05) is 13.8 Å². The SMILES string of the molecule is CCOC(C)CNC(=O)c1ccc([N+](=O)[O-])cc1Cl. The highest BCUT2D eigenvalue weighted by atomic mass is 35.5. The van der Waals surface area contributed by atoms with E-state index in [-0.39, 0.29) is 28.3 Å². The Hall–Kier alpha value is -1.66. The number of amides is 1. The van der Waals surface area contributed by atoms with Crippen molar-refractivity contribution in [2.45, 2.75) is 20.0 Å². The second kappa shape index (κ2) is 7.06. The van der Waals surface area contributed by atoms with E-state index in [0.29, 0.717) is 13.2 Å². The maximum atomic E-state index is 11.8. The van der Waals surface area contributed by atoms with Gasteiger partial charge >= 0.3 is 0 Å². The first kappa shape index (κ1) is 15.4. The zero-order chi connectivity index (χ0) is 14.4. The highest BCUT2D eigenvalue weighted by Gasteiger charge is 2.15. The van der Waals surface area contributed by atoms with Gasteiger partial charge in [0.2, 0.25) is 0 Å². The molecule has 0 aliphatic heterocycles. The standard InChI is InChI=1S/C12H15ClN2O4/c1-3-19-8(2)7-14-12(16)10-5-4-9(15(17)18)6-11(10)13/h4-6,8H,3,7H2,1-2H3,(H,14,16). The summed E-state index contributed by atoms with van der Waals surface area (Å²) in [6, 6.07) is 3.73. The molecule has 1 N–H and O–H groups in total. The van der Waals surface area contributed by atoms with Crippen LogP contribution >= 0.6 is 11.6 Å². The molecule has 1 aromatic carbocycles. The monoisotopic (exact) mass is 286 g/mol. The van der Waals surface area contributed by atoms with Crippen LogP contribution < -0.4 is 5.32 Å². The number of hydrogen-bond donors (Lipinski definition) is 1. The van der Waals surface area contributed by atoms with Gasteiger partial charge in [0, 0.05) is 25.3 Å². The predicted octanol–water partition coefficient (Wildman–Crippen LogP) is 2.40. The highest BCUT2D eigenvalue weighted by Crippen LogP contribution is 2.22. The number of nitrogens with one attached hydrogen (secondary N) is 1. The normalized spacial score (nSPS) is 11.9.